The maximum absolute atomic E-state index is 13.2. The van der Waals surface area contributed by atoms with Crippen LogP contribution in [0.1, 0.15) is 21.7 Å². The van der Waals surface area contributed by atoms with E-state index in [0.717, 1.165) is 20.8 Å². The van der Waals surface area contributed by atoms with Crippen LogP contribution in [-0.2, 0) is 16.6 Å². The molecule has 27 heavy (non-hydrogen) atoms. The number of rotatable bonds is 6. The van der Waals surface area contributed by atoms with E-state index >= 15 is 0 Å². The largest absolute Gasteiger partial charge is 0.497 e. The number of fused-ring (bicyclic) bond motifs is 1. The number of hydrogen-bond donors (Lipinski definition) is 0. The minimum atomic E-state index is -3.65. The lowest BCUT2D eigenvalue weighted by Crippen LogP contribution is -2.27. The van der Waals surface area contributed by atoms with Crippen LogP contribution in [-0.4, -0.2) is 31.9 Å². The van der Waals surface area contributed by atoms with Gasteiger partial charge < -0.3 is 4.74 Å². The summed E-state index contributed by atoms with van der Waals surface area (Å²) in [7, 11) is -0.501. The Kier molecular flexibility index (Phi) is 5.37. The highest BCUT2D eigenvalue weighted by molar-refractivity contribution is 7.89. The standard InChI is InChI=1S/C20H22N2O3S2/c1-6-15-8-7-9-17-19(15)21-18(26-17)12-22(4)27(23,24)20-13(2)10-16(25-5)11-14(20)3/h6-11H,1,12H2,2-5H3. The van der Waals surface area contributed by atoms with E-state index in [1.54, 1.807) is 46.2 Å². The molecule has 0 unspecified atom stereocenters. The second-order valence-electron chi connectivity index (χ2n) is 6.36. The first-order valence-corrected chi connectivity index (χ1v) is 10.7. The molecule has 0 aliphatic carbocycles. The summed E-state index contributed by atoms with van der Waals surface area (Å²) in [5, 5.41) is 0.745. The van der Waals surface area contributed by atoms with Crippen LogP contribution in [0.2, 0.25) is 0 Å². The fraction of sp³-hybridized carbons (Fsp3) is 0.250. The highest BCUT2D eigenvalue weighted by Crippen LogP contribution is 2.30. The molecular weight excluding hydrogens is 380 g/mol. The van der Waals surface area contributed by atoms with Gasteiger partial charge in [-0.25, -0.2) is 13.4 Å². The molecule has 0 saturated carbocycles. The number of ether oxygens (including phenoxy) is 1. The number of nitrogens with zero attached hydrogens (tertiary/aromatic N) is 2. The number of thiazole rings is 1. The van der Waals surface area contributed by atoms with E-state index in [4.69, 9.17) is 4.74 Å². The minimum absolute atomic E-state index is 0.211. The van der Waals surface area contributed by atoms with Gasteiger partial charge in [-0.05, 0) is 43.2 Å². The SMILES string of the molecule is C=Cc1cccc2sc(CN(C)S(=O)(=O)c3c(C)cc(OC)cc3C)nc12. The van der Waals surface area contributed by atoms with Crippen molar-refractivity contribution in [3.8, 4) is 5.75 Å². The van der Waals surface area contributed by atoms with Crippen LogP contribution in [0.25, 0.3) is 16.3 Å². The van der Waals surface area contributed by atoms with Crippen molar-refractivity contribution in [3.05, 3.63) is 58.6 Å². The smallest absolute Gasteiger partial charge is 0.243 e. The monoisotopic (exact) mass is 402 g/mol. The molecule has 0 atom stereocenters. The van der Waals surface area contributed by atoms with Gasteiger partial charge in [-0.3, -0.25) is 0 Å². The fourth-order valence-electron chi connectivity index (χ4n) is 3.11. The molecule has 0 amide bonds. The lowest BCUT2D eigenvalue weighted by Gasteiger charge is -2.19. The zero-order chi connectivity index (χ0) is 19.8. The average molecular weight is 403 g/mol. The Balaban J connectivity index is 1.96. The lowest BCUT2D eigenvalue weighted by molar-refractivity contribution is 0.413. The first-order valence-electron chi connectivity index (χ1n) is 8.40. The molecule has 7 heteroatoms. The molecule has 2 aromatic carbocycles. The molecule has 0 aliphatic heterocycles. The number of benzene rings is 2. The van der Waals surface area contributed by atoms with E-state index < -0.39 is 10.0 Å². The summed E-state index contributed by atoms with van der Waals surface area (Å²) < 4.78 is 33.9. The van der Waals surface area contributed by atoms with Crippen molar-refractivity contribution in [2.75, 3.05) is 14.2 Å². The highest BCUT2D eigenvalue weighted by atomic mass is 32.2. The van der Waals surface area contributed by atoms with Crippen LogP contribution in [0.15, 0.2) is 41.8 Å². The molecule has 0 spiro atoms. The molecule has 1 aromatic heterocycles. The van der Waals surface area contributed by atoms with Gasteiger partial charge in [-0.2, -0.15) is 4.31 Å². The van der Waals surface area contributed by atoms with Crippen molar-refractivity contribution in [2.45, 2.75) is 25.3 Å². The molecule has 0 radical (unpaired) electrons. The maximum atomic E-state index is 13.2. The minimum Gasteiger partial charge on any atom is -0.497 e. The Labute approximate surface area is 164 Å². The third-order valence-corrected chi connectivity index (χ3v) is 7.53. The van der Waals surface area contributed by atoms with Crippen molar-refractivity contribution >= 4 is 37.7 Å². The van der Waals surface area contributed by atoms with Crippen molar-refractivity contribution in [1.82, 2.24) is 9.29 Å². The molecule has 142 valence electrons. The second-order valence-corrected chi connectivity index (χ2v) is 9.45. The summed E-state index contributed by atoms with van der Waals surface area (Å²) in [4.78, 5) is 4.94. The van der Waals surface area contributed by atoms with Crippen LogP contribution in [0.5, 0.6) is 5.75 Å². The summed E-state index contributed by atoms with van der Waals surface area (Å²) >= 11 is 1.50. The third-order valence-electron chi connectivity index (χ3n) is 4.41. The quantitative estimate of drug-likeness (QED) is 0.614. The molecular formula is C20H22N2O3S2. The van der Waals surface area contributed by atoms with E-state index in [9.17, 15) is 8.42 Å². The Hall–Kier alpha value is -2.22. The zero-order valence-corrected chi connectivity index (χ0v) is 17.4. The second kappa shape index (κ2) is 7.42. The summed E-state index contributed by atoms with van der Waals surface area (Å²) in [5.41, 5.74) is 3.13. The highest BCUT2D eigenvalue weighted by Gasteiger charge is 2.26. The Morgan fingerprint density at radius 1 is 1.26 bits per heavy atom. The molecule has 0 saturated heterocycles. The van der Waals surface area contributed by atoms with Crippen LogP contribution in [0.4, 0.5) is 0 Å². The van der Waals surface area contributed by atoms with Crippen LogP contribution in [0.3, 0.4) is 0 Å². The van der Waals surface area contributed by atoms with Crippen LogP contribution in [0, 0.1) is 13.8 Å². The predicted molar refractivity (Wildman–Crippen MR) is 111 cm³/mol. The summed E-state index contributed by atoms with van der Waals surface area (Å²) in [6.45, 7) is 7.59. The summed E-state index contributed by atoms with van der Waals surface area (Å²) in [6.07, 6.45) is 1.76. The van der Waals surface area contributed by atoms with E-state index in [2.05, 4.69) is 11.6 Å². The summed E-state index contributed by atoms with van der Waals surface area (Å²) in [6, 6.07) is 9.36. The number of para-hydroxylation sites is 1. The first kappa shape index (κ1) is 19.5. The summed E-state index contributed by atoms with van der Waals surface area (Å²) in [5.74, 6) is 0.648. The molecule has 0 N–H and O–H groups in total. The number of sulfonamides is 1. The number of methoxy groups -OCH3 is 1. The van der Waals surface area contributed by atoms with Crippen molar-refractivity contribution in [2.24, 2.45) is 0 Å². The maximum Gasteiger partial charge on any atom is 0.243 e. The van der Waals surface area contributed by atoms with Gasteiger partial charge in [0.25, 0.3) is 0 Å². The van der Waals surface area contributed by atoms with Gasteiger partial charge in [0.05, 0.1) is 28.8 Å². The first-order chi connectivity index (χ1) is 12.8. The van der Waals surface area contributed by atoms with Gasteiger partial charge in [0, 0.05) is 12.6 Å². The zero-order valence-electron chi connectivity index (χ0n) is 15.8. The normalized spacial score (nSPS) is 11.9. The van der Waals surface area contributed by atoms with Gasteiger partial charge in [-0.15, -0.1) is 11.3 Å². The van der Waals surface area contributed by atoms with Gasteiger partial charge in [0.1, 0.15) is 10.8 Å². The number of aromatic nitrogens is 1. The van der Waals surface area contributed by atoms with Crippen LogP contribution < -0.4 is 4.74 Å². The van der Waals surface area contributed by atoms with Gasteiger partial charge in [0.15, 0.2) is 0 Å². The van der Waals surface area contributed by atoms with E-state index in [1.165, 1.54) is 15.6 Å². The van der Waals surface area contributed by atoms with Crippen molar-refractivity contribution in [1.29, 1.82) is 0 Å². The lowest BCUT2D eigenvalue weighted by atomic mass is 10.1. The number of aryl methyl sites for hydroxylation is 2. The fourth-order valence-corrected chi connectivity index (χ4v) is 5.79. The topological polar surface area (TPSA) is 59.5 Å². The van der Waals surface area contributed by atoms with Crippen LogP contribution >= 0.6 is 11.3 Å². The third kappa shape index (κ3) is 3.63. The van der Waals surface area contributed by atoms with E-state index in [0.29, 0.717) is 21.8 Å². The molecule has 0 bridgehead atoms. The van der Waals surface area contributed by atoms with Crippen molar-refractivity contribution < 1.29 is 13.2 Å². The Bertz CT molecular complexity index is 1090. The van der Waals surface area contributed by atoms with E-state index in [-0.39, 0.29) is 6.54 Å². The molecule has 5 nitrogen and oxygen atoms in total. The molecule has 0 aliphatic rings. The molecule has 3 rings (SSSR count). The molecule has 3 aromatic rings. The molecule has 0 fully saturated rings. The number of hydrogen-bond acceptors (Lipinski definition) is 5. The van der Waals surface area contributed by atoms with Gasteiger partial charge in [0.2, 0.25) is 10.0 Å². The van der Waals surface area contributed by atoms with Crippen molar-refractivity contribution in [3.63, 3.8) is 0 Å². The Morgan fingerprint density at radius 3 is 2.52 bits per heavy atom. The Morgan fingerprint density at radius 2 is 1.93 bits per heavy atom. The predicted octanol–water partition coefficient (Wildman–Crippen LogP) is 4.39. The van der Waals surface area contributed by atoms with Gasteiger partial charge in [-0.1, -0.05) is 24.8 Å². The molecule has 1 heterocycles. The average Bonchev–Trinajstić information content (AvgIpc) is 3.02. The van der Waals surface area contributed by atoms with E-state index in [1.807, 2.05) is 18.2 Å². The van der Waals surface area contributed by atoms with Gasteiger partial charge >= 0.3 is 0 Å².